The van der Waals surface area contributed by atoms with Crippen molar-refractivity contribution in [3.8, 4) is 0 Å². The maximum atomic E-state index is 11.5. The van der Waals surface area contributed by atoms with Crippen molar-refractivity contribution in [2.45, 2.75) is 39.5 Å². The summed E-state index contributed by atoms with van der Waals surface area (Å²) in [4.78, 5) is 22.1. The quantitative estimate of drug-likeness (QED) is 0.690. The van der Waals surface area contributed by atoms with E-state index in [2.05, 4.69) is 31.2 Å². The summed E-state index contributed by atoms with van der Waals surface area (Å²) in [5.41, 5.74) is 2.50. The summed E-state index contributed by atoms with van der Waals surface area (Å²) >= 11 is 0. The number of allylic oxidation sites excluding steroid dienone is 2. The van der Waals surface area contributed by atoms with Gasteiger partial charge in [0, 0.05) is 6.42 Å². The molecule has 2 heteroatoms. The maximum absolute atomic E-state index is 11.5. The first-order valence-electron chi connectivity index (χ1n) is 6.41. The molecule has 0 aromatic heterocycles. The minimum atomic E-state index is -0.0905. The van der Waals surface area contributed by atoms with Gasteiger partial charge in [-0.1, -0.05) is 37.6 Å². The third kappa shape index (κ3) is 5.58. The van der Waals surface area contributed by atoms with Crippen LogP contribution in [0.1, 0.15) is 37.8 Å². The molecule has 0 atom stereocenters. The van der Waals surface area contributed by atoms with Gasteiger partial charge in [-0.3, -0.25) is 9.59 Å². The summed E-state index contributed by atoms with van der Waals surface area (Å²) < 4.78 is 0. The van der Waals surface area contributed by atoms with Crippen LogP contribution in [0.5, 0.6) is 0 Å². The van der Waals surface area contributed by atoms with E-state index >= 15 is 0 Å². The summed E-state index contributed by atoms with van der Waals surface area (Å²) in [5.74, 6) is -0.0879. The minimum Gasteiger partial charge on any atom is -0.295 e. The van der Waals surface area contributed by atoms with Crippen LogP contribution in [0.2, 0.25) is 0 Å². The molecule has 0 aliphatic rings. The van der Waals surface area contributed by atoms with E-state index in [0.29, 0.717) is 6.42 Å². The van der Waals surface area contributed by atoms with Crippen molar-refractivity contribution < 1.29 is 9.59 Å². The van der Waals surface area contributed by atoms with Crippen molar-refractivity contribution in [1.82, 2.24) is 0 Å². The number of carbonyl (C=O) groups is 2. The van der Waals surface area contributed by atoms with Crippen LogP contribution in [0.4, 0.5) is 0 Å². The fourth-order valence-electron chi connectivity index (χ4n) is 1.72. The minimum absolute atomic E-state index is 0.00262. The van der Waals surface area contributed by atoms with Crippen LogP contribution < -0.4 is 0 Å². The number of carbonyl (C=O) groups excluding carboxylic acids is 2. The Kier molecular flexibility index (Phi) is 6.06. The van der Waals surface area contributed by atoms with Crippen LogP contribution in [0.25, 0.3) is 0 Å². The lowest BCUT2D eigenvalue weighted by Crippen LogP contribution is -1.97. The monoisotopic (exact) mass is 244 g/mol. The van der Waals surface area contributed by atoms with Gasteiger partial charge in [0.2, 0.25) is 0 Å². The Bertz CT molecular complexity index is 427. The first-order chi connectivity index (χ1) is 8.61. The molecule has 0 aliphatic carbocycles. The Balaban J connectivity index is 2.43. The van der Waals surface area contributed by atoms with Gasteiger partial charge in [-0.15, -0.1) is 0 Å². The van der Waals surface area contributed by atoms with Gasteiger partial charge in [0.25, 0.3) is 0 Å². The van der Waals surface area contributed by atoms with Crippen LogP contribution >= 0.6 is 0 Å². The topological polar surface area (TPSA) is 34.1 Å². The number of aryl methyl sites for hydroxylation is 2. The maximum Gasteiger partial charge on any atom is 0.156 e. The second kappa shape index (κ2) is 7.59. The second-order valence-corrected chi connectivity index (χ2v) is 4.48. The summed E-state index contributed by atoms with van der Waals surface area (Å²) in [7, 11) is 0. The molecule has 0 spiro atoms. The molecule has 0 amide bonds. The lowest BCUT2D eigenvalue weighted by Gasteiger charge is -2.02. The molecule has 96 valence electrons. The third-order valence-corrected chi connectivity index (χ3v) is 2.73. The number of hydrogen-bond donors (Lipinski definition) is 0. The molecule has 0 saturated heterocycles. The van der Waals surface area contributed by atoms with Gasteiger partial charge in [0.1, 0.15) is 0 Å². The fourth-order valence-corrected chi connectivity index (χ4v) is 1.72. The predicted octanol–water partition coefficient (Wildman–Crippen LogP) is 3.29. The molecule has 1 aromatic rings. The predicted molar refractivity (Wildman–Crippen MR) is 73.6 cm³/mol. The van der Waals surface area contributed by atoms with Crippen molar-refractivity contribution in [2.75, 3.05) is 0 Å². The number of rotatable bonds is 7. The Hall–Kier alpha value is -1.70. The molecule has 18 heavy (non-hydrogen) atoms. The Morgan fingerprint density at radius 1 is 1.00 bits per heavy atom. The summed E-state index contributed by atoms with van der Waals surface area (Å²) in [6, 6.07) is 8.39. The van der Waals surface area contributed by atoms with Gasteiger partial charge in [-0.2, -0.15) is 0 Å². The highest BCUT2D eigenvalue weighted by Crippen LogP contribution is 2.09. The SMILES string of the molecule is CCCc1ccc(CCC(=O)/C=C\C(C)=O)cc1. The number of ketones is 2. The lowest BCUT2D eigenvalue weighted by molar-refractivity contribution is -0.116. The van der Waals surface area contributed by atoms with Crippen LogP contribution in [-0.2, 0) is 22.4 Å². The highest BCUT2D eigenvalue weighted by Gasteiger charge is 2.00. The third-order valence-electron chi connectivity index (χ3n) is 2.73. The molecule has 0 fully saturated rings. The van der Waals surface area contributed by atoms with Gasteiger partial charge < -0.3 is 0 Å². The van der Waals surface area contributed by atoms with Crippen molar-refractivity contribution >= 4 is 11.6 Å². The van der Waals surface area contributed by atoms with Crippen molar-refractivity contribution in [2.24, 2.45) is 0 Å². The Morgan fingerprint density at radius 2 is 1.56 bits per heavy atom. The molecule has 0 saturated carbocycles. The fraction of sp³-hybridized carbons (Fsp3) is 0.375. The van der Waals surface area contributed by atoms with Crippen molar-refractivity contribution in [3.05, 3.63) is 47.5 Å². The summed E-state index contributed by atoms with van der Waals surface area (Å²) in [6.07, 6.45) is 6.12. The largest absolute Gasteiger partial charge is 0.295 e. The Morgan fingerprint density at radius 3 is 2.06 bits per heavy atom. The number of hydrogen-bond acceptors (Lipinski definition) is 2. The van der Waals surface area contributed by atoms with E-state index in [4.69, 9.17) is 0 Å². The van der Waals surface area contributed by atoms with Gasteiger partial charge in [-0.05, 0) is 43.0 Å². The molecule has 0 unspecified atom stereocenters. The first-order valence-corrected chi connectivity index (χ1v) is 6.41. The molecule has 1 rings (SSSR count). The highest BCUT2D eigenvalue weighted by atomic mass is 16.1. The van der Waals surface area contributed by atoms with Gasteiger partial charge in [0.05, 0.1) is 0 Å². The standard InChI is InChI=1S/C16H20O2/c1-3-4-14-6-8-15(9-7-14)10-12-16(18)11-5-13(2)17/h5-9,11H,3-4,10,12H2,1-2H3/b11-5-. The van der Waals surface area contributed by atoms with Gasteiger partial charge in [0.15, 0.2) is 11.6 Å². The zero-order valence-corrected chi connectivity index (χ0v) is 11.1. The van der Waals surface area contributed by atoms with Gasteiger partial charge in [-0.25, -0.2) is 0 Å². The molecular formula is C16H20O2. The lowest BCUT2D eigenvalue weighted by atomic mass is 10.0. The van der Waals surface area contributed by atoms with Gasteiger partial charge >= 0.3 is 0 Å². The highest BCUT2D eigenvalue weighted by molar-refractivity contribution is 5.97. The molecular weight excluding hydrogens is 224 g/mol. The normalized spacial score (nSPS) is 10.8. The van der Waals surface area contributed by atoms with Crippen molar-refractivity contribution in [3.63, 3.8) is 0 Å². The van der Waals surface area contributed by atoms with Crippen molar-refractivity contribution in [1.29, 1.82) is 0 Å². The second-order valence-electron chi connectivity index (χ2n) is 4.48. The molecule has 0 N–H and O–H groups in total. The van der Waals surface area contributed by atoms with E-state index in [9.17, 15) is 9.59 Å². The molecule has 0 heterocycles. The average molecular weight is 244 g/mol. The summed E-state index contributed by atoms with van der Waals surface area (Å²) in [5, 5.41) is 0. The smallest absolute Gasteiger partial charge is 0.156 e. The van der Waals surface area contributed by atoms with E-state index < -0.39 is 0 Å². The molecule has 0 aliphatic heterocycles. The Labute approximate surface area is 109 Å². The van der Waals surface area contributed by atoms with E-state index in [1.54, 1.807) is 0 Å². The van der Waals surface area contributed by atoms with Crippen LogP contribution in [-0.4, -0.2) is 11.6 Å². The zero-order valence-electron chi connectivity index (χ0n) is 11.1. The molecule has 1 aromatic carbocycles. The van der Waals surface area contributed by atoms with E-state index in [0.717, 1.165) is 19.3 Å². The molecule has 0 radical (unpaired) electrons. The van der Waals surface area contributed by atoms with Crippen LogP contribution in [0.15, 0.2) is 36.4 Å². The van der Waals surface area contributed by atoms with E-state index in [1.807, 2.05) is 0 Å². The van der Waals surface area contributed by atoms with Crippen LogP contribution in [0.3, 0.4) is 0 Å². The van der Waals surface area contributed by atoms with E-state index in [-0.39, 0.29) is 11.6 Å². The van der Waals surface area contributed by atoms with Crippen LogP contribution in [0, 0.1) is 0 Å². The summed E-state index contributed by atoms with van der Waals surface area (Å²) in [6.45, 7) is 3.60. The average Bonchev–Trinajstić information content (AvgIpc) is 2.36. The molecule has 0 bridgehead atoms. The first kappa shape index (κ1) is 14.4. The van der Waals surface area contributed by atoms with E-state index in [1.165, 1.54) is 30.2 Å². The number of benzene rings is 1. The molecule has 2 nitrogen and oxygen atoms in total. The zero-order chi connectivity index (χ0) is 13.4.